The maximum absolute atomic E-state index is 14.0. The van der Waals surface area contributed by atoms with Crippen molar-refractivity contribution in [2.45, 2.75) is 18.9 Å². The molecule has 1 heterocycles. The van der Waals surface area contributed by atoms with E-state index in [9.17, 15) is 14.0 Å². The van der Waals surface area contributed by atoms with Crippen molar-refractivity contribution >= 4 is 11.8 Å². The number of halogens is 1. The molecule has 6 nitrogen and oxygen atoms in total. The second-order valence-corrected chi connectivity index (χ2v) is 6.18. The van der Waals surface area contributed by atoms with Gasteiger partial charge in [0.25, 0.3) is 5.91 Å². The van der Waals surface area contributed by atoms with E-state index in [1.807, 2.05) is 0 Å². The molecule has 7 heteroatoms. The smallest absolute Gasteiger partial charge is 0.251 e. The lowest BCUT2D eigenvalue weighted by Crippen LogP contribution is -2.38. The van der Waals surface area contributed by atoms with Gasteiger partial charge in [0.2, 0.25) is 5.91 Å². The van der Waals surface area contributed by atoms with Crippen LogP contribution >= 0.6 is 0 Å². The van der Waals surface area contributed by atoms with Crippen LogP contribution in [0.2, 0.25) is 0 Å². The predicted molar refractivity (Wildman–Crippen MR) is 97.3 cm³/mol. The van der Waals surface area contributed by atoms with E-state index >= 15 is 0 Å². The van der Waals surface area contributed by atoms with E-state index in [4.69, 9.17) is 9.47 Å². The highest BCUT2D eigenvalue weighted by Gasteiger charge is 2.23. The van der Waals surface area contributed by atoms with Crippen molar-refractivity contribution in [3.63, 3.8) is 0 Å². The molecule has 0 fully saturated rings. The number of nitrogens with one attached hydrogen (secondary N) is 2. The van der Waals surface area contributed by atoms with Gasteiger partial charge >= 0.3 is 0 Å². The first-order valence-corrected chi connectivity index (χ1v) is 8.71. The van der Waals surface area contributed by atoms with Gasteiger partial charge in [-0.15, -0.1) is 0 Å². The number of ether oxygens (including phenoxy) is 2. The molecule has 0 aliphatic carbocycles. The number of hydrogen-bond donors (Lipinski definition) is 2. The maximum Gasteiger partial charge on any atom is 0.251 e. The van der Waals surface area contributed by atoms with Crippen LogP contribution in [0.15, 0.2) is 42.5 Å². The van der Waals surface area contributed by atoms with Crippen molar-refractivity contribution in [3.05, 3.63) is 59.4 Å². The van der Waals surface area contributed by atoms with Crippen molar-refractivity contribution in [2.24, 2.45) is 0 Å². The van der Waals surface area contributed by atoms with Crippen LogP contribution in [0, 0.1) is 5.82 Å². The highest BCUT2D eigenvalue weighted by atomic mass is 19.1. The molecular formula is C20H21FN2O4. The third-order valence-electron chi connectivity index (χ3n) is 4.33. The second kappa shape index (κ2) is 8.53. The van der Waals surface area contributed by atoms with Crippen molar-refractivity contribution in [1.82, 2.24) is 10.6 Å². The lowest BCUT2D eigenvalue weighted by molar-refractivity contribution is -0.120. The number of fused-ring (bicyclic) bond motifs is 1. The minimum absolute atomic E-state index is 0.181. The molecule has 27 heavy (non-hydrogen) atoms. The minimum atomic E-state index is -0.444. The molecule has 142 valence electrons. The number of rotatable bonds is 5. The Kier molecular flexibility index (Phi) is 5.90. The van der Waals surface area contributed by atoms with E-state index in [0.717, 1.165) is 0 Å². The van der Waals surface area contributed by atoms with Gasteiger partial charge in [-0.2, -0.15) is 0 Å². The van der Waals surface area contributed by atoms with Gasteiger partial charge in [-0.3, -0.25) is 9.59 Å². The lowest BCUT2D eigenvalue weighted by atomic mass is 10.0. The van der Waals surface area contributed by atoms with Crippen LogP contribution in [0.3, 0.4) is 0 Å². The van der Waals surface area contributed by atoms with Gasteiger partial charge in [0.15, 0.2) is 11.6 Å². The van der Waals surface area contributed by atoms with Gasteiger partial charge in [-0.1, -0.05) is 18.2 Å². The highest BCUT2D eigenvalue weighted by Crippen LogP contribution is 2.33. The molecule has 0 saturated carbocycles. The zero-order valence-corrected chi connectivity index (χ0v) is 15.0. The second-order valence-electron chi connectivity index (χ2n) is 6.18. The molecule has 2 amide bonds. The zero-order valence-electron chi connectivity index (χ0n) is 15.0. The summed E-state index contributed by atoms with van der Waals surface area (Å²) in [7, 11) is 1.52. The normalized spacial score (nSPS) is 15.7. The third kappa shape index (κ3) is 4.55. The van der Waals surface area contributed by atoms with Crippen LogP contribution in [0.5, 0.6) is 11.5 Å². The van der Waals surface area contributed by atoms with E-state index in [2.05, 4.69) is 10.6 Å². The average molecular weight is 372 g/mol. The molecule has 2 aromatic carbocycles. The number of benzene rings is 2. The Hall–Kier alpha value is -3.09. The van der Waals surface area contributed by atoms with Gasteiger partial charge in [-0.05, 0) is 37.1 Å². The Morgan fingerprint density at radius 2 is 2.07 bits per heavy atom. The Balaban J connectivity index is 1.61. The Morgan fingerprint density at radius 3 is 2.89 bits per heavy atom. The van der Waals surface area contributed by atoms with Gasteiger partial charge in [-0.25, -0.2) is 4.39 Å². The molecule has 0 radical (unpaired) electrons. The zero-order chi connectivity index (χ0) is 19.2. The number of carbonyl (C=O) groups is 2. The van der Waals surface area contributed by atoms with Gasteiger partial charge in [0, 0.05) is 11.1 Å². The predicted octanol–water partition coefficient (Wildman–Crippen LogP) is 2.59. The van der Waals surface area contributed by atoms with Gasteiger partial charge < -0.3 is 20.1 Å². The summed E-state index contributed by atoms with van der Waals surface area (Å²) in [5, 5.41) is 5.43. The first-order valence-electron chi connectivity index (χ1n) is 8.71. The minimum Gasteiger partial charge on any atom is -0.497 e. The quantitative estimate of drug-likeness (QED) is 0.846. The average Bonchev–Trinajstić information content (AvgIpc) is 2.89. The van der Waals surface area contributed by atoms with E-state index in [-0.39, 0.29) is 30.2 Å². The molecule has 3 rings (SSSR count). The number of para-hydroxylation sites is 1. The van der Waals surface area contributed by atoms with Crippen LogP contribution in [-0.2, 0) is 4.79 Å². The standard InChI is InChI=1S/C20H21FN2O4/c1-26-14-6-2-5-13(11-14)20(25)22-12-18(24)23-17-9-4-10-27-19-15(17)7-3-8-16(19)21/h2-3,5-8,11,17H,4,9-10,12H2,1H3,(H,22,25)(H,23,24)/t17-/m0/s1. The Morgan fingerprint density at radius 1 is 1.26 bits per heavy atom. The first kappa shape index (κ1) is 18.7. The fourth-order valence-corrected chi connectivity index (χ4v) is 2.99. The van der Waals surface area contributed by atoms with Crippen molar-refractivity contribution in [1.29, 1.82) is 0 Å². The number of carbonyl (C=O) groups excluding carboxylic acids is 2. The molecule has 0 saturated heterocycles. The van der Waals surface area contributed by atoms with Crippen LogP contribution in [0.1, 0.15) is 34.8 Å². The molecule has 1 atom stereocenters. The summed E-state index contributed by atoms with van der Waals surface area (Å²) in [4.78, 5) is 24.5. The summed E-state index contributed by atoms with van der Waals surface area (Å²) < 4.78 is 24.5. The Labute approximate surface area is 156 Å². The summed E-state index contributed by atoms with van der Waals surface area (Å²) in [6.07, 6.45) is 1.32. The number of methoxy groups -OCH3 is 1. The van der Waals surface area contributed by atoms with Crippen LogP contribution in [-0.4, -0.2) is 32.1 Å². The van der Waals surface area contributed by atoms with E-state index in [0.29, 0.717) is 36.3 Å². The summed E-state index contributed by atoms with van der Waals surface area (Å²) in [6.45, 7) is 0.213. The van der Waals surface area contributed by atoms with E-state index in [1.165, 1.54) is 13.2 Å². The topological polar surface area (TPSA) is 76.7 Å². The number of amides is 2. The SMILES string of the molecule is COc1cccc(C(=O)NCC(=O)N[C@H]2CCCOc3c(F)cccc32)c1. The molecular weight excluding hydrogens is 351 g/mol. The van der Waals surface area contributed by atoms with E-state index < -0.39 is 5.82 Å². The number of hydrogen-bond acceptors (Lipinski definition) is 4. The Bertz CT molecular complexity index is 840. The van der Waals surface area contributed by atoms with Crippen molar-refractivity contribution in [2.75, 3.05) is 20.3 Å². The first-order chi connectivity index (χ1) is 13.1. The monoisotopic (exact) mass is 372 g/mol. The van der Waals surface area contributed by atoms with Crippen LogP contribution < -0.4 is 20.1 Å². The summed E-state index contributed by atoms with van der Waals surface area (Å²) >= 11 is 0. The van der Waals surface area contributed by atoms with Crippen LogP contribution in [0.25, 0.3) is 0 Å². The molecule has 0 aromatic heterocycles. The lowest BCUT2D eigenvalue weighted by Gasteiger charge is -2.19. The molecule has 1 aliphatic heterocycles. The third-order valence-corrected chi connectivity index (χ3v) is 4.33. The summed E-state index contributed by atoms with van der Waals surface area (Å²) in [5.41, 5.74) is 1.01. The maximum atomic E-state index is 14.0. The van der Waals surface area contributed by atoms with Gasteiger partial charge in [0.1, 0.15) is 5.75 Å². The molecule has 2 N–H and O–H groups in total. The largest absolute Gasteiger partial charge is 0.497 e. The van der Waals surface area contributed by atoms with Crippen molar-refractivity contribution < 1.29 is 23.5 Å². The van der Waals surface area contributed by atoms with Gasteiger partial charge in [0.05, 0.1) is 26.3 Å². The van der Waals surface area contributed by atoms with Crippen molar-refractivity contribution in [3.8, 4) is 11.5 Å². The molecule has 0 spiro atoms. The summed E-state index contributed by atoms with van der Waals surface area (Å²) in [5.74, 6) is -0.432. The fourth-order valence-electron chi connectivity index (χ4n) is 2.99. The molecule has 2 aromatic rings. The molecule has 1 aliphatic rings. The highest BCUT2D eigenvalue weighted by molar-refractivity contribution is 5.96. The van der Waals surface area contributed by atoms with Crippen LogP contribution in [0.4, 0.5) is 4.39 Å². The fraction of sp³-hybridized carbons (Fsp3) is 0.300. The van der Waals surface area contributed by atoms with E-state index in [1.54, 1.807) is 36.4 Å². The molecule has 0 bridgehead atoms. The molecule has 0 unspecified atom stereocenters. The summed E-state index contributed by atoms with van der Waals surface area (Å²) in [6, 6.07) is 11.0.